The number of nitrogens with zero attached hydrogens (tertiary/aromatic N) is 3. The largest absolute Gasteiger partial charge is 0.379 e. The number of aryl methyl sites for hydroxylation is 1. The number of thiophene rings is 1. The van der Waals surface area contributed by atoms with E-state index in [2.05, 4.69) is 41.1 Å². The number of ether oxygens (including phenoxy) is 1. The molecule has 7 heteroatoms. The van der Waals surface area contributed by atoms with Crippen LogP contribution in [-0.4, -0.2) is 67.7 Å². The molecule has 1 unspecified atom stereocenters. The van der Waals surface area contributed by atoms with E-state index in [1.165, 1.54) is 16.2 Å². The number of rotatable bonds is 4. The van der Waals surface area contributed by atoms with Crippen LogP contribution in [0.5, 0.6) is 0 Å². The van der Waals surface area contributed by atoms with Crippen molar-refractivity contribution in [2.24, 2.45) is 4.99 Å². The Labute approximate surface area is 166 Å². The Morgan fingerprint density at radius 3 is 2.79 bits per heavy atom. The standard InChI is InChI=1S/C17H28N4OS.HI/c1-3-18-17(19-12-16-5-4-14(2)23-16)21-7-6-15(13-21)20-8-10-22-11-9-20;/h4-5,15H,3,6-13H2,1-2H3,(H,18,19);1H. The molecule has 1 aromatic heterocycles. The van der Waals surface area contributed by atoms with Crippen LogP contribution in [0.4, 0.5) is 0 Å². The summed E-state index contributed by atoms with van der Waals surface area (Å²) in [6.45, 7) is 12.1. The highest BCUT2D eigenvalue weighted by Gasteiger charge is 2.30. The third kappa shape index (κ3) is 5.31. The van der Waals surface area contributed by atoms with Crippen molar-refractivity contribution in [3.63, 3.8) is 0 Å². The molecule has 3 heterocycles. The second kappa shape index (κ2) is 9.94. The molecule has 3 rings (SSSR count). The molecule has 24 heavy (non-hydrogen) atoms. The van der Waals surface area contributed by atoms with Crippen LogP contribution in [0.2, 0.25) is 0 Å². The molecular formula is C17H29IN4OS. The van der Waals surface area contributed by atoms with Gasteiger partial charge in [0.2, 0.25) is 0 Å². The second-order valence-electron chi connectivity index (χ2n) is 6.22. The predicted molar refractivity (Wildman–Crippen MR) is 112 cm³/mol. The molecule has 1 aromatic rings. The van der Waals surface area contributed by atoms with Crippen molar-refractivity contribution in [1.82, 2.24) is 15.1 Å². The molecule has 2 aliphatic heterocycles. The Morgan fingerprint density at radius 1 is 1.33 bits per heavy atom. The van der Waals surface area contributed by atoms with Gasteiger partial charge >= 0.3 is 0 Å². The summed E-state index contributed by atoms with van der Waals surface area (Å²) in [4.78, 5) is 12.5. The molecule has 0 saturated carbocycles. The summed E-state index contributed by atoms with van der Waals surface area (Å²) in [6.07, 6.45) is 1.22. The summed E-state index contributed by atoms with van der Waals surface area (Å²) in [5.74, 6) is 1.06. The first kappa shape index (κ1) is 19.9. The van der Waals surface area contributed by atoms with Crippen molar-refractivity contribution < 1.29 is 4.74 Å². The maximum atomic E-state index is 5.47. The molecular weight excluding hydrogens is 435 g/mol. The van der Waals surface area contributed by atoms with Crippen molar-refractivity contribution in [3.05, 3.63) is 21.9 Å². The van der Waals surface area contributed by atoms with Gasteiger partial charge in [0.15, 0.2) is 5.96 Å². The van der Waals surface area contributed by atoms with E-state index < -0.39 is 0 Å². The van der Waals surface area contributed by atoms with Gasteiger partial charge in [0.05, 0.1) is 19.8 Å². The maximum absolute atomic E-state index is 5.47. The Morgan fingerprint density at radius 2 is 2.12 bits per heavy atom. The summed E-state index contributed by atoms with van der Waals surface area (Å²) in [6, 6.07) is 5.01. The highest BCUT2D eigenvalue weighted by Crippen LogP contribution is 2.19. The van der Waals surface area contributed by atoms with Crippen LogP contribution in [0, 0.1) is 6.92 Å². The van der Waals surface area contributed by atoms with E-state index in [9.17, 15) is 0 Å². The molecule has 5 nitrogen and oxygen atoms in total. The van der Waals surface area contributed by atoms with Gasteiger partial charge in [-0.05, 0) is 32.4 Å². The Kier molecular flexibility index (Phi) is 8.25. The fourth-order valence-corrected chi connectivity index (χ4v) is 4.14. The van der Waals surface area contributed by atoms with Gasteiger partial charge in [-0.1, -0.05) is 0 Å². The van der Waals surface area contributed by atoms with Crippen LogP contribution in [0.15, 0.2) is 17.1 Å². The highest BCUT2D eigenvalue weighted by molar-refractivity contribution is 14.0. The van der Waals surface area contributed by atoms with Crippen molar-refractivity contribution in [3.8, 4) is 0 Å². The normalized spacial score (nSPS) is 22.5. The zero-order valence-electron chi connectivity index (χ0n) is 14.7. The zero-order chi connectivity index (χ0) is 16.1. The lowest BCUT2D eigenvalue weighted by molar-refractivity contribution is 0.0195. The van der Waals surface area contributed by atoms with Crippen molar-refractivity contribution >= 4 is 41.3 Å². The van der Waals surface area contributed by atoms with Crippen molar-refractivity contribution in [2.45, 2.75) is 32.9 Å². The molecule has 2 fully saturated rings. The third-order valence-electron chi connectivity index (χ3n) is 4.54. The van der Waals surface area contributed by atoms with Crippen LogP contribution < -0.4 is 5.32 Å². The molecule has 0 aromatic carbocycles. The van der Waals surface area contributed by atoms with E-state index in [1.54, 1.807) is 0 Å². The topological polar surface area (TPSA) is 40.1 Å². The van der Waals surface area contributed by atoms with Gasteiger partial charge in [-0.25, -0.2) is 4.99 Å². The average Bonchev–Trinajstić information content (AvgIpc) is 3.21. The summed E-state index contributed by atoms with van der Waals surface area (Å²) >= 11 is 1.84. The van der Waals surface area contributed by atoms with Crippen LogP contribution >= 0.6 is 35.3 Å². The lowest BCUT2D eigenvalue weighted by atomic mass is 10.2. The predicted octanol–water partition coefficient (Wildman–Crippen LogP) is 2.55. The molecule has 136 valence electrons. The molecule has 1 atom stereocenters. The smallest absolute Gasteiger partial charge is 0.194 e. The molecule has 0 bridgehead atoms. The first-order chi connectivity index (χ1) is 11.3. The number of likely N-dealkylation sites (tertiary alicyclic amines) is 1. The molecule has 0 aliphatic carbocycles. The van der Waals surface area contributed by atoms with Crippen LogP contribution in [0.25, 0.3) is 0 Å². The fraction of sp³-hybridized carbons (Fsp3) is 0.706. The highest BCUT2D eigenvalue weighted by atomic mass is 127. The lowest BCUT2D eigenvalue weighted by Crippen LogP contribution is -2.46. The molecule has 2 saturated heterocycles. The monoisotopic (exact) mass is 464 g/mol. The van der Waals surface area contributed by atoms with E-state index in [1.807, 2.05) is 11.3 Å². The van der Waals surface area contributed by atoms with Crippen LogP contribution in [0.1, 0.15) is 23.1 Å². The minimum absolute atomic E-state index is 0. The van der Waals surface area contributed by atoms with E-state index in [4.69, 9.17) is 9.73 Å². The van der Waals surface area contributed by atoms with E-state index >= 15 is 0 Å². The SMILES string of the molecule is CCNC(=NCc1ccc(C)s1)N1CCC(N2CCOCC2)C1.I. The number of aliphatic imine (C=N–C) groups is 1. The minimum atomic E-state index is 0. The fourth-order valence-electron chi connectivity index (χ4n) is 3.32. The number of guanidine groups is 1. The molecule has 0 spiro atoms. The molecule has 2 aliphatic rings. The summed E-state index contributed by atoms with van der Waals surface area (Å²) in [7, 11) is 0. The average molecular weight is 464 g/mol. The molecule has 0 amide bonds. The van der Waals surface area contributed by atoms with Gasteiger partial charge in [-0.3, -0.25) is 4.90 Å². The quantitative estimate of drug-likeness (QED) is 0.423. The number of halogens is 1. The van der Waals surface area contributed by atoms with Crippen molar-refractivity contribution in [1.29, 1.82) is 0 Å². The summed E-state index contributed by atoms with van der Waals surface area (Å²) in [5, 5.41) is 3.46. The summed E-state index contributed by atoms with van der Waals surface area (Å²) in [5.41, 5.74) is 0. The van der Waals surface area contributed by atoms with Gasteiger partial charge in [0, 0.05) is 48.5 Å². The molecule has 0 radical (unpaired) electrons. The van der Waals surface area contributed by atoms with Gasteiger partial charge in [0.1, 0.15) is 0 Å². The number of hydrogen-bond acceptors (Lipinski definition) is 4. The first-order valence-corrected chi connectivity index (χ1v) is 9.48. The van der Waals surface area contributed by atoms with E-state index in [-0.39, 0.29) is 24.0 Å². The lowest BCUT2D eigenvalue weighted by Gasteiger charge is -2.32. The number of hydrogen-bond donors (Lipinski definition) is 1. The Bertz CT molecular complexity index is 530. The van der Waals surface area contributed by atoms with Gasteiger partial charge in [-0.2, -0.15) is 0 Å². The maximum Gasteiger partial charge on any atom is 0.194 e. The third-order valence-corrected chi connectivity index (χ3v) is 5.53. The van der Waals surface area contributed by atoms with Gasteiger partial charge in [-0.15, -0.1) is 35.3 Å². The Hall–Kier alpha value is -0.380. The second-order valence-corrected chi connectivity index (χ2v) is 7.59. The minimum Gasteiger partial charge on any atom is -0.379 e. The van der Waals surface area contributed by atoms with Gasteiger partial charge in [0.25, 0.3) is 0 Å². The number of morpholine rings is 1. The van der Waals surface area contributed by atoms with E-state index in [0.29, 0.717) is 6.04 Å². The first-order valence-electron chi connectivity index (χ1n) is 8.66. The van der Waals surface area contributed by atoms with Gasteiger partial charge < -0.3 is 15.0 Å². The molecule has 1 N–H and O–H groups in total. The number of nitrogens with one attached hydrogen (secondary N) is 1. The van der Waals surface area contributed by atoms with E-state index in [0.717, 1.165) is 58.4 Å². The summed E-state index contributed by atoms with van der Waals surface area (Å²) < 4.78 is 5.47. The Balaban J connectivity index is 0.00000208. The zero-order valence-corrected chi connectivity index (χ0v) is 17.8. The van der Waals surface area contributed by atoms with Crippen LogP contribution in [0.3, 0.4) is 0 Å². The van der Waals surface area contributed by atoms with Crippen molar-refractivity contribution in [2.75, 3.05) is 45.9 Å². The van der Waals surface area contributed by atoms with Crippen LogP contribution in [-0.2, 0) is 11.3 Å².